The number of nitrogens with zero attached hydrogens (tertiary/aromatic N) is 2. The van der Waals surface area contributed by atoms with Gasteiger partial charge in [0.25, 0.3) is 0 Å². The summed E-state index contributed by atoms with van der Waals surface area (Å²) in [5.74, 6) is 0.874. The number of thiophene rings is 2. The first-order valence-electron chi connectivity index (χ1n) is 4.60. The van der Waals surface area contributed by atoms with Crippen molar-refractivity contribution in [2.24, 2.45) is 0 Å². The molecule has 1 N–H and O–H groups in total. The van der Waals surface area contributed by atoms with Gasteiger partial charge in [0.2, 0.25) is 0 Å². The third-order valence-electron chi connectivity index (χ3n) is 2.18. The lowest BCUT2D eigenvalue weighted by atomic mass is 10.4. The molecule has 0 radical (unpaired) electrons. The Labute approximate surface area is 105 Å². The summed E-state index contributed by atoms with van der Waals surface area (Å²) < 4.78 is 2.58. The lowest BCUT2D eigenvalue weighted by Gasteiger charge is -2.01. The highest BCUT2D eigenvalue weighted by molar-refractivity contribution is 7.71. The Morgan fingerprint density at radius 3 is 2.94 bits per heavy atom. The van der Waals surface area contributed by atoms with Crippen LogP contribution in [0.4, 0.5) is 0 Å². The average Bonchev–Trinajstić information content (AvgIpc) is 2.96. The monoisotopic (exact) mass is 265 g/mol. The fraction of sp³-hybridized carbons (Fsp3) is 0. The van der Waals surface area contributed by atoms with Crippen molar-refractivity contribution in [2.75, 3.05) is 0 Å². The zero-order valence-electron chi connectivity index (χ0n) is 8.08. The first kappa shape index (κ1) is 9.95. The maximum absolute atomic E-state index is 5.25. The predicted molar refractivity (Wildman–Crippen MR) is 69.9 cm³/mol. The van der Waals surface area contributed by atoms with Crippen LogP contribution in [0.25, 0.3) is 16.4 Å². The summed E-state index contributed by atoms with van der Waals surface area (Å²) in [6, 6.07) is 6.08. The van der Waals surface area contributed by atoms with E-state index in [4.69, 9.17) is 12.2 Å². The molecule has 0 aliphatic heterocycles. The molecular formula is C10H7N3S3. The van der Waals surface area contributed by atoms with Gasteiger partial charge in [0, 0.05) is 5.38 Å². The summed E-state index contributed by atoms with van der Waals surface area (Å²) in [6.07, 6.45) is 0. The van der Waals surface area contributed by atoms with Gasteiger partial charge in [0.05, 0.1) is 10.6 Å². The Kier molecular flexibility index (Phi) is 2.47. The summed E-state index contributed by atoms with van der Waals surface area (Å²) in [6.45, 7) is 0. The van der Waals surface area contributed by atoms with Gasteiger partial charge in [0.1, 0.15) is 0 Å². The molecule has 3 aromatic heterocycles. The van der Waals surface area contributed by atoms with E-state index in [9.17, 15) is 0 Å². The van der Waals surface area contributed by atoms with E-state index in [2.05, 4.69) is 15.6 Å². The second kappa shape index (κ2) is 3.97. The Morgan fingerprint density at radius 1 is 1.31 bits per heavy atom. The molecule has 0 aliphatic rings. The van der Waals surface area contributed by atoms with Crippen molar-refractivity contribution in [3.8, 4) is 16.4 Å². The highest BCUT2D eigenvalue weighted by Crippen LogP contribution is 2.26. The van der Waals surface area contributed by atoms with Crippen LogP contribution in [0, 0.1) is 4.77 Å². The summed E-state index contributed by atoms with van der Waals surface area (Å²) >= 11 is 8.55. The number of H-pyrrole nitrogens is 1. The van der Waals surface area contributed by atoms with Crippen LogP contribution in [0.15, 0.2) is 34.3 Å². The fourth-order valence-electron chi connectivity index (χ4n) is 1.49. The minimum absolute atomic E-state index is 0.627. The molecule has 0 bridgehead atoms. The van der Waals surface area contributed by atoms with Crippen LogP contribution in [0.5, 0.6) is 0 Å². The summed E-state index contributed by atoms with van der Waals surface area (Å²) in [4.78, 5) is 1.11. The quantitative estimate of drug-likeness (QED) is 0.716. The fourth-order valence-corrected chi connectivity index (χ4v) is 3.05. The van der Waals surface area contributed by atoms with Gasteiger partial charge in [-0.2, -0.15) is 16.4 Å². The molecule has 0 unspecified atom stereocenters. The maximum atomic E-state index is 5.25. The molecule has 0 spiro atoms. The molecule has 80 valence electrons. The third kappa shape index (κ3) is 1.55. The van der Waals surface area contributed by atoms with Crippen LogP contribution >= 0.6 is 34.9 Å². The zero-order chi connectivity index (χ0) is 11.0. The van der Waals surface area contributed by atoms with Gasteiger partial charge in [-0.3, -0.25) is 9.67 Å². The number of hydrogen-bond donors (Lipinski definition) is 1. The van der Waals surface area contributed by atoms with Crippen LogP contribution in [0.3, 0.4) is 0 Å². The van der Waals surface area contributed by atoms with E-state index in [1.54, 1.807) is 22.7 Å². The molecule has 0 saturated heterocycles. The minimum Gasteiger partial charge on any atom is -0.267 e. The maximum Gasteiger partial charge on any atom is 0.200 e. The van der Waals surface area contributed by atoms with Gasteiger partial charge in [-0.25, -0.2) is 0 Å². The Balaban J connectivity index is 2.25. The van der Waals surface area contributed by atoms with Crippen molar-refractivity contribution < 1.29 is 0 Å². The van der Waals surface area contributed by atoms with Gasteiger partial charge in [-0.1, -0.05) is 6.07 Å². The molecule has 3 rings (SSSR count). The first-order valence-corrected chi connectivity index (χ1v) is 6.83. The molecule has 3 heterocycles. The molecular weight excluding hydrogens is 258 g/mol. The SMILES string of the molecule is S=c1[nH]nc(-c2cccs2)n1-c1ccsc1. The van der Waals surface area contributed by atoms with E-state index >= 15 is 0 Å². The molecule has 0 aromatic carbocycles. The van der Waals surface area contributed by atoms with Crippen molar-refractivity contribution in [1.29, 1.82) is 0 Å². The predicted octanol–water partition coefficient (Wildman–Crippen LogP) is 3.72. The van der Waals surface area contributed by atoms with Crippen molar-refractivity contribution in [3.63, 3.8) is 0 Å². The lowest BCUT2D eigenvalue weighted by molar-refractivity contribution is 1.04. The molecule has 0 saturated carbocycles. The number of rotatable bonds is 2. The van der Waals surface area contributed by atoms with E-state index in [-0.39, 0.29) is 0 Å². The highest BCUT2D eigenvalue weighted by Gasteiger charge is 2.11. The van der Waals surface area contributed by atoms with Gasteiger partial charge in [0.15, 0.2) is 10.6 Å². The van der Waals surface area contributed by atoms with Crippen LogP contribution < -0.4 is 0 Å². The van der Waals surface area contributed by atoms with Gasteiger partial charge < -0.3 is 0 Å². The van der Waals surface area contributed by atoms with E-state index in [0.29, 0.717) is 4.77 Å². The smallest absolute Gasteiger partial charge is 0.200 e. The van der Waals surface area contributed by atoms with Crippen LogP contribution in [0.2, 0.25) is 0 Å². The molecule has 3 aromatic rings. The van der Waals surface area contributed by atoms with Crippen molar-refractivity contribution in [1.82, 2.24) is 14.8 Å². The highest BCUT2D eigenvalue weighted by atomic mass is 32.1. The van der Waals surface area contributed by atoms with Crippen molar-refractivity contribution in [2.45, 2.75) is 0 Å². The lowest BCUT2D eigenvalue weighted by Crippen LogP contribution is -1.94. The summed E-state index contributed by atoms with van der Waals surface area (Å²) in [5, 5.41) is 13.2. The standard InChI is InChI=1S/C10H7N3S3/c14-10-12-11-9(8-2-1-4-16-8)13(10)7-3-5-15-6-7/h1-6H,(H,12,14). The van der Waals surface area contributed by atoms with Crippen molar-refractivity contribution in [3.05, 3.63) is 39.1 Å². The van der Waals surface area contributed by atoms with Gasteiger partial charge in [-0.05, 0) is 35.1 Å². The van der Waals surface area contributed by atoms with Gasteiger partial charge in [-0.15, -0.1) is 11.3 Å². The molecule has 0 fully saturated rings. The molecule has 0 aliphatic carbocycles. The Hall–Kier alpha value is -1.24. The Bertz CT molecular complexity index is 631. The molecule has 0 atom stereocenters. The number of hydrogen-bond acceptors (Lipinski definition) is 4. The van der Waals surface area contributed by atoms with E-state index in [1.165, 1.54) is 0 Å². The number of nitrogens with one attached hydrogen (secondary N) is 1. The molecule has 16 heavy (non-hydrogen) atoms. The second-order valence-electron chi connectivity index (χ2n) is 3.15. The second-order valence-corrected chi connectivity index (χ2v) is 5.26. The largest absolute Gasteiger partial charge is 0.267 e. The average molecular weight is 265 g/mol. The zero-order valence-corrected chi connectivity index (χ0v) is 10.5. The number of aromatic nitrogens is 3. The Morgan fingerprint density at radius 2 is 2.25 bits per heavy atom. The normalized spacial score (nSPS) is 10.8. The minimum atomic E-state index is 0.627. The summed E-state index contributed by atoms with van der Waals surface area (Å²) in [7, 11) is 0. The van der Waals surface area contributed by atoms with E-state index in [1.807, 2.05) is 33.5 Å². The van der Waals surface area contributed by atoms with E-state index < -0.39 is 0 Å². The molecule has 3 nitrogen and oxygen atoms in total. The summed E-state index contributed by atoms with van der Waals surface area (Å²) in [5.41, 5.74) is 1.06. The first-order chi connectivity index (χ1) is 7.86. The molecule has 0 amide bonds. The van der Waals surface area contributed by atoms with Crippen molar-refractivity contribution >= 4 is 34.9 Å². The number of aromatic amines is 1. The van der Waals surface area contributed by atoms with Crippen LogP contribution in [-0.2, 0) is 0 Å². The van der Waals surface area contributed by atoms with Gasteiger partial charge >= 0.3 is 0 Å². The third-order valence-corrected chi connectivity index (χ3v) is 3.99. The molecule has 6 heteroatoms. The van der Waals surface area contributed by atoms with E-state index in [0.717, 1.165) is 16.4 Å². The topological polar surface area (TPSA) is 33.6 Å². The van der Waals surface area contributed by atoms with Crippen LogP contribution in [0.1, 0.15) is 0 Å². The van der Waals surface area contributed by atoms with Crippen LogP contribution in [-0.4, -0.2) is 14.8 Å².